The van der Waals surface area contributed by atoms with Gasteiger partial charge in [-0.3, -0.25) is 9.88 Å². The predicted octanol–water partition coefficient (Wildman–Crippen LogP) is 2.95. The average Bonchev–Trinajstić information content (AvgIpc) is 2.65. The molecule has 0 spiro atoms. The maximum Gasteiger partial charge on any atom is 0.387 e. The van der Waals surface area contributed by atoms with Gasteiger partial charge in [0.25, 0.3) is 0 Å². The number of ether oxygens (including phenoxy) is 1. The Hall–Kier alpha value is -1.62. The number of hydrogen-bond donors (Lipinski definition) is 0. The number of nitrogens with zero attached hydrogens (tertiary/aromatic N) is 3. The summed E-state index contributed by atoms with van der Waals surface area (Å²) in [4.78, 5) is 6.04. The first-order chi connectivity index (χ1) is 12.9. The van der Waals surface area contributed by atoms with Crippen molar-refractivity contribution in [3.05, 3.63) is 52.8 Å². The fraction of sp³-hybridized carbons (Fsp3) is 0.353. The summed E-state index contributed by atoms with van der Waals surface area (Å²) >= 11 is 3.33. The minimum Gasteiger partial charge on any atom is -0.434 e. The Morgan fingerprint density at radius 3 is 2.56 bits per heavy atom. The molecule has 0 unspecified atom stereocenters. The van der Waals surface area contributed by atoms with Crippen LogP contribution in [0.5, 0.6) is 5.75 Å². The van der Waals surface area contributed by atoms with E-state index in [9.17, 15) is 17.2 Å². The largest absolute Gasteiger partial charge is 0.434 e. The van der Waals surface area contributed by atoms with Gasteiger partial charge in [0, 0.05) is 55.2 Å². The summed E-state index contributed by atoms with van der Waals surface area (Å²) in [5, 5.41) is 0. The van der Waals surface area contributed by atoms with E-state index >= 15 is 0 Å². The number of aromatic nitrogens is 1. The third kappa shape index (κ3) is 5.01. The summed E-state index contributed by atoms with van der Waals surface area (Å²) in [7, 11) is -3.58. The molecule has 0 saturated carbocycles. The fourth-order valence-corrected chi connectivity index (χ4v) is 4.70. The number of hydrogen-bond acceptors (Lipinski definition) is 5. The fourth-order valence-electron chi connectivity index (χ4n) is 2.90. The van der Waals surface area contributed by atoms with E-state index in [1.165, 1.54) is 28.8 Å². The molecule has 146 valence electrons. The van der Waals surface area contributed by atoms with Crippen LogP contribution >= 0.6 is 15.9 Å². The molecule has 3 rings (SSSR count). The Labute approximate surface area is 164 Å². The second-order valence-corrected chi connectivity index (χ2v) is 8.85. The third-order valence-electron chi connectivity index (χ3n) is 4.24. The van der Waals surface area contributed by atoms with Crippen molar-refractivity contribution in [1.82, 2.24) is 14.2 Å². The summed E-state index contributed by atoms with van der Waals surface area (Å²) in [6.45, 7) is -0.902. The first-order valence-electron chi connectivity index (χ1n) is 8.22. The maximum absolute atomic E-state index is 12.6. The molecule has 10 heteroatoms. The van der Waals surface area contributed by atoms with E-state index in [4.69, 9.17) is 0 Å². The zero-order valence-corrected chi connectivity index (χ0v) is 16.7. The Kier molecular flexibility index (Phi) is 6.40. The molecule has 0 N–H and O–H groups in total. The average molecular weight is 462 g/mol. The van der Waals surface area contributed by atoms with Crippen LogP contribution in [-0.2, 0) is 16.6 Å². The first-order valence-corrected chi connectivity index (χ1v) is 10.5. The maximum atomic E-state index is 12.6. The highest BCUT2D eigenvalue weighted by Crippen LogP contribution is 2.27. The van der Waals surface area contributed by atoms with Crippen molar-refractivity contribution >= 4 is 26.0 Å². The standard InChI is InChI=1S/C17H18BrF2N3O3S/c18-14-3-4-16(26-17(19)20)13(10-14)12-22-6-8-23(9-7-22)27(24,25)15-2-1-5-21-11-15/h1-5,10-11,17H,6-9,12H2. The Balaban J connectivity index is 1.66. The van der Waals surface area contributed by atoms with Gasteiger partial charge < -0.3 is 4.74 Å². The van der Waals surface area contributed by atoms with Gasteiger partial charge in [0.15, 0.2) is 0 Å². The van der Waals surface area contributed by atoms with Crippen LogP contribution in [0.15, 0.2) is 52.1 Å². The predicted molar refractivity (Wildman–Crippen MR) is 99.0 cm³/mol. The molecule has 0 atom stereocenters. The van der Waals surface area contributed by atoms with Gasteiger partial charge in [-0.25, -0.2) is 8.42 Å². The van der Waals surface area contributed by atoms with Crippen LogP contribution in [0.3, 0.4) is 0 Å². The van der Waals surface area contributed by atoms with Gasteiger partial charge in [-0.2, -0.15) is 13.1 Å². The quantitative estimate of drug-likeness (QED) is 0.661. The smallest absolute Gasteiger partial charge is 0.387 e. The zero-order valence-electron chi connectivity index (χ0n) is 14.3. The van der Waals surface area contributed by atoms with E-state index in [2.05, 4.69) is 25.7 Å². The van der Waals surface area contributed by atoms with Gasteiger partial charge >= 0.3 is 6.61 Å². The number of alkyl halides is 2. The van der Waals surface area contributed by atoms with Crippen molar-refractivity contribution in [2.24, 2.45) is 0 Å². The van der Waals surface area contributed by atoms with E-state index in [0.29, 0.717) is 38.3 Å². The molecule has 2 heterocycles. The van der Waals surface area contributed by atoms with Crippen LogP contribution in [0.25, 0.3) is 0 Å². The number of pyridine rings is 1. The van der Waals surface area contributed by atoms with Crippen LogP contribution < -0.4 is 4.74 Å². The molecule has 0 bridgehead atoms. The molecule has 27 heavy (non-hydrogen) atoms. The second-order valence-electron chi connectivity index (χ2n) is 6.00. The summed E-state index contributed by atoms with van der Waals surface area (Å²) in [5.41, 5.74) is 0.619. The minimum absolute atomic E-state index is 0.124. The molecule has 6 nitrogen and oxygen atoms in total. The molecule has 0 aliphatic carbocycles. The van der Waals surface area contributed by atoms with Gasteiger partial charge in [-0.05, 0) is 30.3 Å². The van der Waals surface area contributed by atoms with Crippen molar-refractivity contribution in [3.63, 3.8) is 0 Å². The van der Waals surface area contributed by atoms with Crippen LogP contribution in [0.1, 0.15) is 5.56 Å². The molecule has 0 amide bonds. The molecule has 1 aliphatic rings. The highest BCUT2D eigenvalue weighted by atomic mass is 79.9. The van der Waals surface area contributed by atoms with E-state index in [1.807, 2.05) is 4.90 Å². The van der Waals surface area contributed by atoms with E-state index in [1.54, 1.807) is 18.2 Å². The lowest BCUT2D eigenvalue weighted by atomic mass is 10.2. The topological polar surface area (TPSA) is 62.7 Å². The Morgan fingerprint density at radius 2 is 1.93 bits per heavy atom. The van der Waals surface area contributed by atoms with Crippen LogP contribution in [0, 0.1) is 0 Å². The minimum atomic E-state index is -3.58. The van der Waals surface area contributed by atoms with Gasteiger partial charge in [0.05, 0.1) is 0 Å². The normalized spacial score (nSPS) is 16.6. The number of piperazine rings is 1. The lowest BCUT2D eigenvalue weighted by Gasteiger charge is -2.34. The summed E-state index contributed by atoms with van der Waals surface area (Å²) in [6, 6.07) is 7.97. The number of halogens is 3. The van der Waals surface area contributed by atoms with Crippen molar-refractivity contribution < 1.29 is 21.9 Å². The van der Waals surface area contributed by atoms with Crippen molar-refractivity contribution in [3.8, 4) is 5.75 Å². The summed E-state index contributed by atoms with van der Waals surface area (Å²) in [5.74, 6) is 0.124. The number of rotatable bonds is 6. The highest BCUT2D eigenvalue weighted by Gasteiger charge is 2.29. The highest BCUT2D eigenvalue weighted by molar-refractivity contribution is 9.10. The molecule has 0 radical (unpaired) electrons. The summed E-state index contributed by atoms with van der Waals surface area (Å²) in [6.07, 6.45) is 2.85. The molecule has 1 aliphatic heterocycles. The lowest BCUT2D eigenvalue weighted by Crippen LogP contribution is -2.48. The third-order valence-corrected chi connectivity index (χ3v) is 6.61. The van der Waals surface area contributed by atoms with Gasteiger partial charge in [0.2, 0.25) is 10.0 Å². The van der Waals surface area contributed by atoms with Crippen molar-refractivity contribution in [2.45, 2.75) is 18.1 Å². The zero-order chi connectivity index (χ0) is 19.4. The van der Waals surface area contributed by atoms with Crippen molar-refractivity contribution in [2.75, 3.05) is 26.2 Å². The Bertz CT molecular complexity index is 876. The molecule has 1 fully saturated rings. The van der Waals surface area contributed by atoms with Crippen LogP contribution in [0.4, 0.5) is 8.78 Å². The molecule has 2 aromatic rings. The number of benzene rings is 1. The molecule has 1 aromatic carbocycles. The van der Waals surface area contributed by atoms with Crippen LogP contribution in [-0.4, -0.2) is 55.4 Å². The second kappa shape index (κ2) is 8.59. The van der Waals surface area contributed by atoms with E-state index in [0.717, 1.165) is 4.47 Å². The molecule has 1 saturated heterocycles. The molecular formula is C17H18BrF2N3O3S. The van der Waals surface area contributed by atoms with E-state index < -0.39 is 16.6 Å². The summed E-state index contributed by atoms with van der Waals surface area (Å²) < 4.78 is 57.2. The first kappa shape index (κ1) is 20.1. The Morgan fingerprint density at radius 1 is 1.19 bits per heavy atom. The molecule has 1 aromatic heterocycles. The number of sulfonamides is 1. The lowest BCUT2D eigenvalue weighted by molar-refractivity contribution is -0.0508. The molecular weight excluding hydrogens is 444 g/mol. The van der Waals surface area contributed by atoms with Crippen LogP contribution in [0.2, 0.25) is 0 Å². The van der Waals surface area contributed by atoms with Gasteiger partial charge in [0.1, 0.15) is 10.6 Å². The van der Waals surface area contributed by atoms with Crippen molar-refractivity contribution in [1.29, 1.82) is 0 Å². The van der Waals surface area contributed by atoms with Gasteiger partial charge in [-0.1, -0.05) is 15.9 Å². The monoisotopic (exact) mass is 461 g/mol. The van der Waals surface area contributed by atoms with E-state index in [-0.39, 0.29) is 10.6 Å². The SMILES string of the molecule is O=S(=O)(c1cccnc1)N1CCN(Cc2cc(Br)ccc2OC(F)F)CC1. The van der Waals surface area contributed by atoms with Gasteiger partial charge in [-0.15, -0.1) is 0 Å².